The van der Waals surface area contributed by atoms with Crippen LogP contribution in [0.3, 0.4) is 0 Å². The van der Waals surface area contributed by atoms with E-state index in [-0.39, 0.29) is 0 Å². The molecule has 28 heavy (non-hydrogen) atoms. The Morgan fingerprint density at radius 1 is 1.11 bits per heavy atom. The van der Waals surface area contributed by atoms with Crippen LogP contribution in [0.4, 0.5) is 5.95 Å². The quantitative estimate of drug-likeness (QED) is 0.373. The number of guanidine groups is 1. The van der Waals surface area contributed by atoms with Gasteiger partial charge in [0.2, 0.25) is 5.95 Å². The van der Waals surface area contributed by atoms with Gasteiger partial charge in [0.05, 0.1) is 11.2 Å². The Kier molecular flexibility index (Phi) is 6.55. The smallest absolute Gasteiger partial charge is 0.230 e. The predicted octanol–water partition coefficient (Wildman–Crippen LogP) is 3.75. The van der Waals surface area contributed by atoms with E-state index < -0.39 is 0 Å². The van der Waals surface area contributed by atoms with Gasteiger partial charge in [-0.05, 0) is 38.9 Å². The zero-order chi connectivity index (χ0) is 19.9. The van der Waals surface area contributed by atoms with Crippen LogP contribution in [0.15, 0.2) is 59.6 Å². The van der Waals surface area contributed by atoms with Crippen molar-refractivity contribution in [3.8, 4) is 0 Å². The maximum absolute atomic E-state index is 6.01. The van der Waals surface area contributed by atoms with Gasteiger partial charge in [0.25, 0.3) is 0 Å². The molecule has 2 aromatic carbocycles. The lowest BCUT2D eigenvalue weighted by atomic mass is 10.1. The van der Waals surface area contributed by atoms with Crippen molar-refractivity contribution in [2.45, 2.75) is 26.3 Å². The molecule has 0 saturated heterocycles. The minimum atomic E-state index is 0.341. The topological polar surface area (TPSA) is 79.4 Å². The van der Waals surface area contributed by atoms with E-state index in [2.05, 4.69) is 63.4 Å². The van der Waals surface area contributed by atoms with Crippen LogP contribution < -0.4 is 11.1 Å². The number of aliphatic imine (C=N–C) groups is 1. The summed E-state index contributed by atoms with van der Waals surface area (Å²) in [5.74, 6) is 0.820. The summed E-state index contributed by atoms with van der Waals surface area (Å²) in [6.45, 7) is 5.77. The van der Waals surface area contributed by atoms with Crippen LogP contribution in [-0.2, 0) is 0 Å². The highest BCUT2D eigenvalue weighted by atomic mass is 15.2. The molecule has 0 unspecified atom stereocenters. The van der Waals surface area contributed by atoms with Crippen LogP contribution in [0.25, 0.3) is 10.9 Å². The molecule has 0 aliphatic carbocycles. The van der Waals surface area contributed by atoms with Gasteiger partial charge in [-0.2, -0.15) is 0 Å². The van der Waals surface area contributed by atoms with Gasteiger partial charge < -0.3 is 5.73 Å². The summed E-state index contributed by atoms with van der Waals surface area (Å²) in [5, 5.41) is 4.04. The van der Waals surface area contributed by atoms with E-state index in [0.29, 0.717) is 24.5 Å². The van der Waals surface area contributed by atoms with Crippen molar-refractivity contribution in [3.63, 3.8) is 0 Å². The summed E-state index contributed by atoms with van der Waals surface area (Å²) in [6.07, 6.45) is 0.924. The van der Waals surface area contributed by atoms with Crippen molar-refractivity contribution in [2.24, 2.45) is 10.7 Å². The fourth-order valence-electron chi connectivity index (χ4n) is 3.14. The standard InChI is InChI=1S/C22H28N6/c1-16-19-12-7-8-13-20(19)26-22(25-16)27-21(23)24-14-9-15-28(3)17(2)18-10-5-4-6-11-18/h4-8,10-13,17H,9,14-15H2,1-3H3,(H3,23,24,25,26,27)/t17-/m0/s1. The summed E-state index contributed by atoms with van der Waals surface area (Å²) < 4.78 is 0. The van der Waals surface area contributed by atoms with E-state index in [1.807, 2.05) is 37.3 Å². The van der Waals surface area contributed by atoms with Crippen LogP contribution in [0, 0.1) is 6.92 Å². The van der Waals surface area contributed by atoms with E-state index in [1.165, 1.54) is 5.56 Å². The molecule has 3 aromatic rings. The Morgan fingerprint density at radius 3 is 2.61 bits per heavy atom. The Labute approximate surface area is 166 Å². The first kappa shape index (κ1) is 19.8. The van der Waals surface area contributed by atoms with Crippen LogP contribution in [-0.4, -0.2) is 41.0 Å². The van der Waals surface area contributed by atoms with Crippen LogP contribution >= 0.6 is 0 Å². The first-order valence-corrected chi connectivity index (χ1v) is 9.60. The molecule has 3 rings (SSSR count). The third kappa shape index (κ3) is 5.04. The Balaban J connectivity index is 1.51. The van der Waals surface area contributed by atoms with Gasteiger partial charge >= 0.3 is 0 Å². The Bertz CT molecular complexity index is 938. The van der Waals surface area contributed by atoms with Gasteiger partial charge in [0.1, 0.15) is 0 Å². The molecule has 0 aliphatic rings. The number of aromatic nitrogens is 2. The summed E-state index contributed by atoms with van der Waals surface area (Å²) in [6, 6.07) is 18.8. The minimum Gasteiger partial charge on any atom is -0.370 e. The van der Waals surface area contributed by atoms with E-state index in [4.69, 9.17) is 5.73 Å². The molecule has 1 heterocycles. The van der Waals surface area contributed by atoms with E-state index in [0.717, 1.165) is 29.6 Å². The van der Waals surface area contributed by atoms with Crippen molar-refractivity contribution in [2.75, 3.05) is 25.5 Å². The number of nitrogens with one attached hydrogen (secondary N) is 1. The molecule has 6 heteroatoms. The maximum Gasteiger partial charge on any atom is 0.230 e. The number of fused-ring (bicyclic) bond motifs is 1. The van der Waals surface area contributed by atoms with Crippen LogP contribution in [0.5, 0.6) is 0 Å². The second kappa shape index (κ2) is 9.28. The molecule has 0 fully saturated rings. The first-order chi connectivity index (χ1) is 13.5. The molecular formula is C22H28N6. The monoisotopic (exact) mass is 376 g/mol. The molecule has 0 bridgehead atoms. The third-order valence-corrected chi connectivity index (χ3v) is 4.93. The van der Waals surface area contributed by atoms with Gasteiger partial charge in [-0.3, -0.25) is 15.2 Å². The van der Waals surface area contributed by atoms with E-state index in [9.17, 15) is 0 Å². The SMILES string of the molecule is Cc1nc(NC(N)=NCCCN(C)[C@@H](C)c2ccccc2)nc2ccccc12. The number of nitrogens with two attached hydrogens (primary N) is 1. The third-order valence-electron chi connectivity index (χ3n) is 4.93. The molecular weight excluding hydrogens is 348 g/mol. The number of hydrogen-bond donors (Lipinski definition) is 2. The van der Waals surface area contributed by atoms with Crippen molar-refractivity contribution in [1.82, 2.24) is 14.9 Å². The van der Waals surface area contributed by atoms with E-state index >= 15 is 0 Å². The number of nitrogens with zero attached hydrogens (tertiary/aromatic N) is 4. The average Bonchev–Trinajstić information content (AvgIpc) is 2.71. The number of benzene rings is 2. The maximum atomic E-state index is 6.01. The normalized spacial score (nSPS) is 13.1. The number of anilines is 1. The van der Waals surface area contributed by atoms with Gasteiger partial charge in [-0.25, -0.2) is 9.97 Å². The average molecular weight is 377 g/mol. The zero-order valence-electron chi connectivity index (χ0n) is 16.8. The van der Waals surface area contributed by atoms with Crippen molar-refractivity contribution in [3.05, 3.63) is 65.9 Å². The Hall–Kier alpha value is -2.99. The lowest BCUT2D eigenvalue weighted by Gasteiger charge is -2.24. The fourth-order valence-corrected chi connectivity index (χ4v) is 3.14. The molecule has 0 spiro atoms. The Morgan fingerprint density at radius 2 is 1.82 bits per heavy atom. The largest absolute Gasteiger partial charge is 0.370 e. The van der Waals surface area contributed by atoms with Crippen LogP contribution in [0.1, 0.15) is 30.6 Å². The number of aryl methyl sites for hydroxylation is 1. The molecule has 6 nitrogen and oxygen atoms in total. The number of hydrogen-bond acceptors (Lipinski definition) is 4. The molecule has 0 aliphatic heterocycles. The molecule has 0 amide bonds. The van der Waals surface area contributed by atoms with Crippen molar-refractivity contribution < 1.29 is 0 Å². The second-order valence-electron chi connectivity index (χ2n) is 6.96. The molecule has 0 radical (unpaired) electrons. The van der Waals surface area contributed by atoms with Crippen LogP contribution in [0.2, 0.25) is 0 Å². The molecule has 0 saturated carbocycles. The lowest BCUT2D eigenvalue weighted by Crippen LogP contribution is -2.26. The highest BCUT2D eigenvalue weighted by Crippen LogP contribution is 2.18. The van der Waals surface area contributed by atoms with E-state index in [1.54, 1.807) is 0 Å². The van der Waals surface area contributed by atoms with Gasteiger partial charge in [0.15, 0.2) is 5.96 Å². The highest BCUT2D eigenvalue weighted by molar-refractivity contribution is 5.92. The molecule has 3 N–H and O–H groups in total. The first-order valence-electron chi connectivity index (χ1n) is 9.60. The lowest BCUT2D eigenvalue weighted by molar-refractivity contribution is 0.260. The molecule has 1 atom stereocenters. The molecule has 146 valence electrons. The summed E-state index contributed by atoms with van der Waals surface area (Å²) in [4.78, 5) is 15.7. The van der Waals surface area contributed by atoms with Gasteiger partial charge in [0, 0.05) is 24.5 Å². The fraction of sp³-hybridized carbons (Fsp3) is 0.318. The summed E-state index contributed by atoms with van der Waals surface area (Å²) in [5.41, 5.74) is 9.14. The second-order valence-corrected chi connectivity index (χ2v) is 6.96. The molecule has 1 aromatic heterocycles. The summed E-state index contributed by atoms with van der Waals surface area (Å²) in [7, 11) is 2.13. The van der Waals surface area contributed by atoms with Crippen molar-refractivity contribution >= 4 is 22.8 Å². The minimum absolute atomic E-state index is 0.341. The zero-order valence-corrected chi connectivity index (χ0v) is 16.8. The summed E-state index contributed by atoms with van der Waals surface area (Å²) >= 11 is 0. The highest BCUT2D eigenvalue weighted by Gasteiger charge is 2.10. The number of rotatable bonds is 7. The van der Waals surface area contributed by atoms with Gasteiger partial charge in [-0.1, -0.05) is 48.5 Å². The number of para-hydroxylation sites is 1. The van der Waals surface area contributed by atoms with Gasteiger partial charge in [-0.15, -0.1) is 0 Å². The van der Waals surface area contributed by atoms with Crippen molar-refractivity contribution in [1.29, 1.82) is 0 Å². The predicted molar refractivity (Wildman–Crippen MR) is 116 cm³/mol.